The maximum atomic E-state index is 13.4. The van der Waals surface area contributed by atoms with Crippen LogP contribution in [-0.4, -0.2) is 33.8 Å². The Hall–Kier alpha value is -3.94. The molecule has 2 aromatic rings. The molecule has 4 amide bonds. The lowest BCUT2D eigenvalue weighted by atomic mass is 9.54. The Balaban J connectivity index is 1.41. The molecule has 32 heavy (non-hydrogen) atoms. The average molecular weight is 430 g/mol. The number of hydrogen-bond acceptors (Lipinski definition) is 6. The van der Waals surface area contributed by atoms with E-state index in [1.807, 2.05) is 0 Å². The van der Waals surface area contributed by atoms with Crippen LogP contribution in [0.5, 0.6) is 11.5 Å². The molecule has 8 heteroatoms. The molecular weight excluding hydrogens is 412 g/mol. The third-order valence-electron chi connectivity index (χ3n) is 7.19. The number of allylic oxidation sites excluding steroid dienone is 2. The van der Waals surface area contributed by atoms with Gasteiger partial charge in [0, 0.05) is 24.0 Å². The number of imide groups is 2. The Morgan fingerprint density at radius 2 is 0.906 bits per heavy atom. The third kappa shape index (κ3) is 2.26. The number of carbonyl (C=O) groups excluding carboxylic acids is 4. The maximum Gasteiger partial charge on any atom is 0.238 e. The highest BCUT2D eigenvalue weighted by atomic mass is 16.3. The van der Waals surface area contributed by atoms with E-state index in [0.29, 0.717) is 0 Å². The molecule has 5 aliphatic rings. The number of hydrogen-bond donors (Lipinski definition) is 2. The second kappa shape index (κ2) is 6.29. The molecule has 2 heterocycles. The van der Waals surface area contributed by atoms with Gasteiger partial charge in [0.15, 0.2) is 0 Å². The molecule has 7 rings (SSSR count). The standard InChI is InChI=1S/C24H18N2O6/c27-13-5-1-3-11(9-13)25-21(29)17-15-7-8-16(18(17)22(25)30)20-19(15)23(31)26(24(20)32)12-4-2-6-14(28)10-12/h1-10,15-20,27-28H/t15?,16?,17-,18-,19-,20+/m0/s1. The summed E-state index contributed by atoms with van der Waals surface area (Å²) in [7, 11) is 0. The van der Waals surface area contributed by atoms with E-state index in [-0.39, 0.29) is 22.9 Å². The summed E-state index contributed by atoms with van der Waals surface area (Å²) in [6.45, 7) is 0. The number of carbonyl (C=O) groups is 4. The van der Waals surface area contributed by atoms with Crippen LogP contribution in [0.1, 0.15) is 0 Å². The average Bonchev–Trinajstić information content (AvgIpc) is 3.21. The molecule has 0 radical (unpaired) electrons. The van der Waals surface area contributed by atoms with Crippen molar-refractivity contribution in [1.29, 1.82) is 0 Å². The van der Waals surface area contributed by atoms with E-state index in [1.54, 1.807) is 36.4 Å². The molecule has 2 saturated heterocycles. The smallest absolute Gasteiger partial charge is 0.238 e. The minimum atomic E-state index is -0.734. The summed E-state index contributed by atoms with van der Waals surface area (Å²) in [6.07, 6.45) is 3.59. The number of benzene rings is 2. The predicted molar refractivity (Wildman–Crippen MR) is 111 cm³/mol. The van der Waals surface area contributed by atoms with Gasteiger partial charge in [0.05, 0.1) is 35.0 Å². The Bertz CT molecular complexity index is 1110. The van der Waals surface area contributed by atoms with Gasteiger partial charge in [-0.2, -0.15) is 0 Å². The molecule has 1 saturated carbocycles. The van der Waals surface area contributed by atoms with Crippen molar-refractivity contribution >= 4 is 35.0 Å². The van der Waals surface area contributed by atoms with Crippen LogP contribution >= 0.6 is 0 Å². The normalized spacial score (nSPS) is 32.6. The topological polar surface area (TPSA) is 115 Å². The lowest BCUT2D eigenvalue weighted by Crippen LogP contribution is -2.50. The second-order valence-corrected chi connectivity index (χ2v) is 8.71. The lowest BCUT2D eigenvalue weighted by Gasteiger charge is -2.44. The van der Waals surface area contributed by atoms with Crippen LogP contribution in [-0.2, 0) is 19.2 Å². The van der Waals surface area contributed by atoms with Gasteiger partial charge < -0.3 is 10.2 Å². The van der Waals surface area contributed by atoms with Crippen LogP contribution in [0, 0.1) is 35.5 Å². The van der Waals surface area contributed by atoms with Crippen molar-refractivity contribution in [2.45, 2.75) is 0 Å². The van der Waals surface area contributed by atoms with E-state index in [4.69, 9.17) is 0 Å². The van der Waals surface area contributed by atoms with Gasteiger partial charge in [-0.25, -0.2) is 9.80 Å². The zero-order valence-corrected chi connectivity index (χ0v) is 16.7. The number of amides is 4. The first-order valence-corrected chi connectivity index (χ1v) is 10.4. The van der Waals surface area contributed by atoms with E-state index in [1.165, 1.54) is 24.3 Å². The van der Waals surface area contributed by atoms with Gasteiger partial charge in [0.2, 0.25) is 23.6 Å². The molecule has 3 fully saturated rings. The minimum absolute atomic E-state index is 0.0666. The molecular formula is C24H18N2O6. The Kier molecular flexibility index (Phi) is 3.69. The predicted octanol–water partition coefficient (Wildman–Crippen LogP) is 1.82. The van der Waals surface area contributed by atoms with Gasteiger partial charge in [0.1, 0.15) is 11.5 Å². The second-order valence-electron chi connectivity index (χ2n) is 8.71. The Labute approximate surface area is 182 Å². The fourth-order valence-corrected chi connectivity index (χ4v) is 6.00. The number of rotatable bonds is 2. The largest absolute Gasteiger partial charge is 0.508 e. The molecule has 8 nitrogen and oxygen atoms in total. The summed E-state index contributed by atoms with van der Waals surface area (Å²) >= 11 is 0. The summed E-state index contributed by atoms with van der Waals surface area (Å²) in [6, 6.07) is 11.8. The maximum absolute atomic E-state index is 13.4. The van der Waals surface area contributed by atoms with Crippen LogP contribution in [0.15, 0.2) is 60.7 Å². The van der Waals surface area contributed by atoms with Gasteiger partial charge in [-0.05, 0) is 24.3 Å². The molecule has 3 aliphatic carbocycles. The first kappa shape index (κ1) is 18.8. The van der Waals surface area contributed by atoms with Gasteiger partial charge in [-0.1, -0.05) is 24.3 Å². The van der Waals surface area contributed by atoms with Crippen molar-refractivity contribution in [3.05, 3.63) is 60.7 Å². The molecule has 2 aliphatic heterocycles. The summed E-state index contributed by atoms with van der Waals surface area (Å²) < 4.78 is 0. The number of anilines is 2. The Morgan fingerprint density at radius 1 is 0.562 bits per heavy atom. The summed E-state index contributed by atoms with van der Waals surface area (Å²) in [4.78, 5) is 55.6. The number of phenolic OH excluding ortho intramolecular Hbond substituents is 2. The fraction of sp³-hybridized carbons (Fsp3) is 0.250. The van der Waals surface area contributed by atoms with Crippen LogP contribution in [0.4, 0.5) is 11.4 Å². The van der Waals surface area contributed by atoms with Crippen molar-refractivity contribution in [1.82, 2.24) is 0 Å². The summed E-state index contributed by atoms with van der Waals surface area (Å²) in [5.41, 5.74) is 0.552. The van der Waals surface area contributed by atoms with Crippen LogP contribution in [0.25, 0.3) is 0 Å². The monoisotopic (exact) mass is 430 g/mol. The molecule has 2 bridgehead atoms. The highest BCUT2D eigenvalue weighted by molar-refractivity contribution is 6.26. The SMILES string of the molecule is O=C1[C@@H]2C3C=CC([C@@H]2C(=O)N1c1cccc(O)c1)[C@@H]1C(=O)N(c2cccc(O)c2)C(=O)[C@@H]31. The lowest BCUT2D eigenvalue weighted by molar-refractivity contribution is -0.137. The summed E-state index contributed by atoms with van der Waals surface area (Å²) in [5, 5.41) is 19.6. The van der Waals surface area contributed by atoms with E-state index >= 15 is 0 Å². The van der Waals surface area contributed by atoms with Crippen molar-refractivity contribution in [2.24, 2.45) is 35.5 Å². The van der Waals surface area contributed by atoms with Crippen molar-refractivity contribution in [2.75, 3.05) is 9.80 Å². The molecule has 160 valence electrons. The first-order valence-electron chi connectivity index (χ1n) is 10.4. The van der Waals surface area contributed by atoms with Gasteiger partial charge in [0.25, 0.3) is 0 Å². The molecule has 2 N–H and O–H groups in total. The van der Waals surface area contributed by atoms with Crippen molar-refractivity contribution in [3.63, 3.8) is 0 Å². The highest BCUT2D eigenvalue weighted by Gasteiger charge is 2.68. The Morgan fingerprint density at radius 3 is 1.22 bits per heavy atom. The van der Waals surface area contributed by atoms with Crippen molar-refractivity contribution < 1.29 is 29.4 Å². The van der Waals surface area contributed by atoms with Crippen LogP contribution in [0.2, 0.25) is 0 Å². The van der Waals surface area contributed by atoms with Gasteiger partial charge >= 0.3 is 0 Å². The molecule has 2 unspecified atom stereocenters. The van der Waals surface area contributed by atoms with Crippen LogP contribution < -0.4 is 9.80 Å². The zero-order valence-electron chi connectivity index (χ0n) is 16.7. The highest BCUT2D eigenvalue weighted by Crippen LogP contribution is 2.58. The number of aromatic hydroxyl groups is 2. The van der Waals surface area contributed by atoms with Crippen molar-refractivity contribution in [3.8, 4) is 11.5 Å². The molecule has 2 aromatic carbocycles. The molecule has 6 atom stereocenters. The van der Waals surface area contributed by atoms with E-state index in [0.717, 1.165) is 9.80 Å². The number of phenols is 2. The molecule has 0 spiro atoms. The molecule has 0 aromatic heterocycles. The van der Waals surface area contributed by atoms with Crippen LogP contribution in [0.3, 0.4) is 0 Å². The van der Waals surface area contributed by atoms with E-state index < -0.39 is 59.1 Å². The van der Waals surface area contributed by atoms with E-state index in [2.05, 4.69) is 0 Å². The van der Waals surface area contributed by atoms with Gasteiger partial charge in [-0.15, -0.1) is 0 Å². The minimum Gasteiger partial charge on any atom is -0.508 e. The fourth-order valence-electron chi connectivity index (χ4n) is 6.00. The van der Waals surface area contributed by atoms with E-state index in [9.17, 15) is 29.4 Å². The quantitative estimate of drug-likeness (QED) is 0.555. The summed E-state index contributed by atoms with van der Waals surface area (Å²) in [5.74, 6) is -5.89. The zero-order chi connectivity index (χ0) is 22.3. The van der Waals surface area contributed by atoms with Gasteiger partial charge in [-0.3, -0.25) is 19.2 Å². The number of nitrogens with zero attached hydrogens (tertiary/aromatic N) is 2. The third-order valence-corrected chi connectivity index (χ3v) is 7.19. The first-order chi connectivity index (χ1) is 15.4.